The molecule has 0 unspecified atom stereocenters. The molecule has 6 nitrogen and oxygen atoms in total. The lowest BCUT2D eigenvalue weighted by Gasteiger charge is -2.23. The first-order chi connectivity index (χ1) is 8.70. The smallest absolute Gasteiger partial charge is 0.229 e. The number of β-amino-alcohol motifs (C(OH)–C–C–N with tert-alkyl or cyclic N) is 1. The number of nitrogens with zero attached hydrogens (tertiary/aromatic N) is 4. The molecule has 18 heavy (non-hydrogen) atoms. The van der Waals surface area contributed by atoms with E-state index in [0.29, 0.717) is 13.0 Å². The third-order valence-electron chi connectivity index (χ3n) is 3.97. The van der Waals surface area contributed by atoms with Crippen LogP contribution < -0.4 is 4.90 Å². The first-order valence-electron chi connectivity index (χ1n) is 6.36. The summed E-state index contributed by atoms with van der Waals surface area (Å²) in [6, 6.07) is 0.498. The van der Waals surface area contributed by atoms with Crippen molar-refractivity contribution in [2.75, 3.05) is 24.6 Å². The van der Waals surface area contributed by atoms with Gasteiger partial charge in [-0.25, -0.2) is 0 Å². The second-order valence-electron chi connectivity index (χ2n) is 5.02. The van der Waals surface area contributed by atoms with Crippen LogP contribution >= 0.6 is 0 Å². The average molecular weight is 250 g/mol. The number of aromatic nitrogens is 2. The summed E-state index contributed by atoms with van der Waals surface area (Å²) in [5.74, 6) is 0.167. The number of amides is 1. The fraction of sp³-hybridized carbons (Fsp3) is 0.667. The van der Waals surface area contributed by atoms with Gasteiger partial charge in [0.1, 0.15) is 0 Å². The van der Waals surface area contributed by atoms with Gasteiger partial charge in [-0.15, -0.1) is 0 Å². The number of aliphatic hydroxyl groups excluding tert-OH is 1. The molecule has 2 saturated heterocycles. The highest BCUT2D eigenvalue weighted by molar-refractivity contribution is 5.97. The van der Waals surface area contributed by atoms with Crippen LogP contribution in [0.3, 0.4) is 0 Å². The molecule has 1 aromatic rings. The van der Waals surface area contributed by atoms with Gasteiger partial charge in [0, 0.05) is 38.8 Å². The Morgan fingerprint density at radius 1 is 1.50 bits per heavy atom. The maximum absolute atomic E-state index is 12.1. The molecule has 1 amide bonds. The Morgan fingerprint density at radius 2 is 2.33 bits per heavy atom. The summed E-state index contributed by atoms with van der Waals surface area (Å²) in [7, 11) is 1.86. The number of aryl methyl sites for hydroxylation is 1. The zero-order valence-corrected chi connectivity index (χ0v) is 10.5. The summed E-state index contributed by atoms with van der Waals surface area (Å²) in [5.41, 5.74) is 0.890. The van der Waals surface area contributed by atoms with Crippen molar-refractivity contribution in [3.63, 3.8) is 0 Å². The minimum Gasteiger partial charge on any atom is -0.395 e. The quantitative estimate of drug-likeness (QED) is 0.792. The van der Waals surface area contributed by atoms with E-state index in [1.165, 1.54) is 0 Å². The van der Waals surface area contributed by atoms with E-state index < -0.39 is 0 Å². The van der Waals surface area contributed by atoms with Crippen molar-refractivity contribution in [1.82, 2.24) is 14.7 Å². The van der Waals surface area contributed by atoms with Crippen LogP contribution in [-0.4, -0.2) is 57.5 Å². The molecular formula is C12H18N4O2. The van der Waals surface area contributed by atoms with Crippen LogP contribution in [0.1, 0.15) is 12.8 Å². The SMILES string of the molecule is Cn1cc(N2C(=O)C[C@H]3[C@@H]2CCN3CCO)cn1. The van der Waals surface area contributed by atoms with Crippen molar-refractivity contribution in [1.29, 1.82) is 0 Å². The molecular weight excluding hydrogens is 232 g/mol. The first kappa shape index (κ1) is 11.7. The van der Waals surface area contributed by atoms with Crippen LogP contribution in [-0.2, 0) is 11.8 Å². The van der Waals surface area contributed by atoms with Gasteiger partial charge in [0.2, 0.25) is 5.91 Å². The molecule has 3 rings (SSSR count). The summed E-state index contributed by atoms with van der Waals surface area (Å²) in [6.45, 7) is 1.78. The van der Waals surface area contributed by atoms with Crippen LogP contribution in [0.25, 0.3) is 0 Å². The minimum atomic E-state index is 0.157. The summed E-state index contributed by atoms with van der Waals surface area (Å²) in [6.07, 6.45) is 5.16. The van der Waals surface area contributed by atoms with Crippen LogP contribution in [0, 0.1) is 0 Å². The minimum absolute atomic E-state index is 0.157. The number of hydrogen-bond acceptors (Lipinski definition) is 4. The highest BCUT2D eigenvalue weighted by Gasteiger charge is 2.47. The summed E-state index contributed by atoms with van der Waals surface area (Å²) >= 11 is 0. The van der Waals surface area contributed by atoms with Crippen LogP contribution in [0.15, 0.2) is 12.4 Å². The van der Waals surface area contributed by atoms with Gasteiger partial charge in [0.15, 0.2) is 0 Å². The molecule has 2 aliphatic heterocycles. The Hall–Kier alpha value is -1.40. The molecule has 0 saturated carbocycles. The van der Waals surface area contributed by atoms with E-state index in [1.807, 2.05) is 18.1 Å². The Kier molecular flexibility index (Phi) is 2.83. The second-order valence-corrected chi connectivity index (χ2v) is 5.02. The molecule has 0 radical (unpaired) electrons. The van der Waals surface area contributed by atoms with Crippen LogP contribution in [0.5, 0.6) is 0 Å². The van der Waals surface area contributed by atoms with Gasteiger partial charge < -0.3 is 10.0 Å². The van der Waals surface area contributed by atoms with Crippen LogP contribution in [0.4, 0.5) is 5.69 Å². The van der Waals surface area contributed by atoms with E-state index >= 15 is 0 Å². The lowest BCUT2D eigenvalue weighted by molar-refractivity contribution is -0.117. The number of rotatable bonds is 3. The number of anilines is 1. The summed E-state index contributed by atoms with van der Waals surface area (Å²) in [5, 5.41) is 13.2. The lowest BCUT2D eigenvalue weighted by atomic mass is 10.1. The van der Waals surface area contributed by atoms with Gasteiger partial charge >= 0.3 is 0 Å². The van der Waals surface area contributed by atoms with Crippen LogP contribution in [0.2, 0.25) is 0 Å². The van der Waals surface area contributed by atoms with E-state index in [2.05, 4.69) is 10.00 Å². The largest absolute Gasteiger partial charge is 0.395 e. The Balaban J connectivity index is 1.83. The van der Waals surface area contributed by atoms with Gasteiger partial charge in [-0.05, 0) is 6.42 Å². The van der Waals surface area contributed by atoms with E-state index in [4.69, 9.17) is 5.11 Å². The third kappa shape index (κ3) is 1.72. The summed E-state index contributed by atoms with van der Waals surface area (Å²) in [4.78, 5) is 16.3. The molecule has 0 aliphatic carbocycles. The van der Waals surface area contributed by atoms with E-state index in [1.54, 1.807) is 10.9 Å². The number of likely N-dealkylation sites (tertiary alicyclic amines) is 1. The zero-order valence-electron chi connectivity index (χ0n) is 10.5. The number of aliphatic hydroxyl groups is 1. The van der Waals surface area contributed by atoms with E-state index in [-0.39, 0.29) is 24.6 Å². The molecule has 98 valence electrons. The maximum Gasteiger partial charge on any atom is 0.229 e. The Morgan fingerprint density at radius 3 is 3.00 bits per heavy atom. The fourth-order valence-electron chi connectivity index (χ4n) is 3.20. The van der Waals surface area contributed by atoms with Crippen molar-refractivity contribution in [3.05, 3.63) is 12.4 Å². The van der Waals surface area contributed by atoms with Gasteiger partial charge in [0.05, 0.1) is 24.5 Å². The predicted octanol–water partition coefficient (Wildman–Crippen LogP) is -0.408. The highest BCUT2D eigenvalue weighted by atomic mass is 16.3. The van der Waals surface area contributed by atoms with Crippen molar-refractivity contribution in [2.24, 2.45) is 7.05 Å². The molecule has 3 heterocycles. The monoisotopic (exact) mass is 250 g/mol. The van der Waals surface area contributed by atoms with Crippen molar-refractivity contribution < 1.29 is 9.90 Å². The molecule has 2 fully saturated rings. The number of carbonyl (C=O) groups is 1. The Bertz CT molecular complexity index is 459. The molecule has 1 aromatic heterocycles. The molecule has 2 aliphatic rings. The van der Waals surface area contributed by atoms with Gasteiger partial charge in [-0.2, -0.15) is 5.10 Å². The maximum atomic E-state index is 12.1. The zero-order chi connectivity index (χ0) is 12.7. The molecule has 0 aromatic carbocycles. The molecule has 1 N–H and O–H groups in total. The first-order valence-corrected chi connectivity index (χ1v) is 6.36. The lowest BCUT2D eigenvalue weighted by Crippen LogP contribution is -2.38. The summed E-state index contributed by atoms with van der Waals surface area (Å²) < 4.78 is 1.72. The normalized spacial score (nSPS) is 28.1. The van der Waals surface area contributed by atoms with Gasteiger partial charge in [-0.1, -0.05) is 0 Å². The van der Waals surface area contributed by atoms with E-state index in [9.17, 15) is 4.79 Å². The standard InChI is InChI=1S/C12H18N4O2/c1-14-8-9(7-13-14)16-10-2-3-15(4-5-17)11(10)6-12(16)18/h7-8,10-11,17H,2-6H2,1H3/t10-,11-/m0/s1. The van der Waals surface area contributed by atoms with E-state index in [0.717, 1.165) is 18.7 Å². The fourth-order valence-corrected chi connectivity index (χ4v) is 3.20. The number of hydrogen-bond donors (Lipinski definition) is 1. The van der Waals surface area contributed by atoms with Crippen molar-refractivity contribution in [2.45, 2.75) is 24.9 Å². The van der Waals surface area contributed by atoms with Crippen molar-refractivity contribution >= 4 is 11.6 Å². The molecule has 0 bridgehead atoms. The third-order valence-corrected chi connectivity index (χ3v) is 3.97. The van der Waals surface area contributed by atoms with Gasteiger partial charge in [0.25, 0.3) is 0 Å². The predicted molar refractivity (Wildman–Crippen MR) is 66.2 cm³/mol. The van der Waals surface area contributed by atoms with Gasteiger partial charge in [-0.3, -0.25) is 14.4 Å². The molecule has 2 atom stereocenters. The Labute approximate surface area is 106 Å². The average Bonchev–Trinajstić information content (AvgIpc) is 2.97. The topological polar surface area (TPSA) is 61.6 Å². The number of carbonyl (C=O) groups excluding carboxylic acids is 1. The molecule has 6 heteroatoms. The molecule has 0 spiro atoms. The number of fused-ring (bicyclic) bond motifs is 1. The highest BCUT2D eigenvalue weighted by Crippen LogP contribution is 2.35. The second kappa shape index (κ2) is 4.37. The van der Waals surface area contributed by atoms with Crippen molar-refractivity contribution in [3.8, 4) is 0 Å².